The molecule has 1 aromatic rings. The quantitative estimate of drug-likeness (QED) is 0.794. The van der Waals surface area contributed by atoms with E-state index in [2.05, 4.69) is 62.2 Å². The van der Waals surface area contributed by atoms with Crippen LogP contribution >= 0.6 is 0 Å². The Morgan fingerprint density at radius 1 is 1.15 bits per heavy atom. The predicted molar refractivity (Wildman–Crippen MR) is 88.0 cm³/mol. The SMILES string of the molecule is CCN(CC)Cc1ccccc1NC1CC(C(C)C)C1. The Morgan fingerprint density at radius 3 is 2.40 bits per heavy atom. The second kappa shape index (κ2) is 7.12. The van der Waals surface area contributed by atoms with Crippen molar-refractivity contribution in [3.05, 3.63) is 29.8 Å². The lowest BCUT2D eigenvalue weighted by Gasteiger charge is -2.39. The van der Waals surface area contributed by atoms with Gasteiger partial charge in [-0.15, -0.1) is 0 Å². The molecule has 0 aliphatic heterocycles. The molecule has 0 aromatic heterocycles. The lowest BCUT2D eigenvalue weighted by Crippen LogP contribution is -2.38. The van der Waals surface area contributed by atoms with Crippen LogP contribution in [-0.2, 0) is 6.54 Å². The van der Waals surface area contributed by atoms with E-state index in [1.807, 2.05) is 0 Å². The molecule has 0 spiro atoms. The van der Waals surface area contributed by atoms with Gasteiger partial charge in [0.25, 0.3) is 0 Å². The molecular formula is C18H30N2. The van der Waals surface area contributed by atoms with E-state index in [0.717, 1.165) is 31.5 Å². The first-order valence-corrected chi connectivity index (χ1v) is 8.20. The maximum atomic E-state index is 3.76. The summed E-state index contributed by atoms with van der Waals surface area (Å²) in [5.74, 6) is 1.75. The van der Waals surface area contributed by atoms with Gasteiger partial charge in [-0.25, -0.2) is 0 Å². The number of hydrogen-bond acceptors (Lipinski definition) is 2. The van der Waals surface area contributed by atoms with Crippen LogP contribution in [-0.4, -0.2) is 24.0 Å². The Bertz CT molecular complexity index is 404. The molecule has 1 aliphatic rings. The lowest BCUT2D eigenvalue weighted by atomic mass is 9.73. The number of para-hydroxylation sites is 1. The van der Waals surface area contributed by atoms with E-state index >= 15 is 0 Å². The highest BCUT2D eigenvalue weighted by atomic mass is 15.1. The molecule has 1 aliphatic carbocycles. The molecule has 1 N–H and O–H groups in total. The predicted octanol–water partition coefficient (Wildman–Crippen LogP) is 4.37. The monoisotopic (exact) mass is 274 g/mol. The van der Waals surface area contributed by atoms with Crippen LogP contribution in [0.15, 0.2) is 24.3 Å². The summed E-state index contributed by atoms with van der Waals surface area (Å²) in [7, 11) is 0. The number of nitrogens with zero attached hydrogens (tertiary/aromatic N) is 1. The Hall–Kier alpha value is -1.02. The molecule has 1 saturated carbocycles. The van der Waals surface area contributed by atoms with Gasteiger partial charge in [-0.3, -0.25) is 4.90 Å². The molecule has 0 saturated heterocycles. The normalized spacial score (nSPS) is 22.1. The van der Waals surface area contributed by atoms with Gasteiger partial charge < -0.3 is 5.32 Å². The fourth-order valence-corrected chi connectivity index (χ4v) is 3.03. The van der Waals surface area contributed by atoms with Crippen molar-refractivity contribution in [3.8, 4) is 0 Å². The van der Waals surface area contributed by atoms with Crippen LogP contribution in [0, 0.1) is 11.8 Å². The minimum Gasteiger partial charge on any atom is -0.382 e. The topological polar surface area (TPSA) is 15.3 Å². The number of nitrogens with one attached hydrogen (secondary N) is 1. The first-order chi connectivity index (χ1) is 9.63. The summed E-state index contributed by atoms with van der Waals surface area (Å²) in [5, 5.41) is 3.76. The standard InChI is InChI=1S/C18H30N2/c1-5-20(6-2)13-15-9-7-8-10-18(15)19-17-11-16(12-17)14(3)4/h7-10,14,16-17,19H,5-6,11-13H2,1-4H3. The highest BCUT2D eigenvalue weighted by Crippen LogP contribution is 2.36. The van der Waals surface area contributed by atoms with Gasteiger partial charge in [0, 0.05) is 18.3 Å². The molecule has 112 valence electrons. The van der Waals surface area contributed by atoms with Crippen LogP contribution < -0.4 is 5.32 Å². The van der Waals surface area contributed by atoms with Crippen molar-refractivity contribution in [2.24, 2.45) is 11.8 Å². The molecule has 2 heteroatoms. The Morgan fingerprint density at radius 2 is 1.80 bits per heavy atom. The zero-order valence-corrected chi connectivity index (χ0v) is 13.5. The van der Waals surface area contributed by atoms with Crippen molar-refractivity contribution in [3.63, 3.8) is 0 Å². The number of hydrogen-bond donors (Lipinski definition) is 1. The van der Waals surface area contributed by atoms with Gasteiger partial charge in [0.2, 0.25) is 0 Å². The zero-order valence-electron chi connectivity index (χ0n) is 13.5. The fraction of sp³-hybridized carbons (Fsp3) is 0.667. The number of anilines is 1. The maximum Gasteiger partial charge on any atom is 0.0388 e. The van der Waals surface area contributed by atoms with E-state index in [-0.39, 0.29) is 0 Å². The van der Waals surface area contributed by atoms with Crippen molar-refractivity contribution in [1.82, 2.24) is 4.90 Å². The lowest BCUT2D eigenvalue weighted by molar-refractivity contribution is 0.211. The first-order valence-electron chi connectivity index (χ1n) is 8.20. The van der Waals surface area contributed by atoms with Gasteiger partial charge in [0.05, 0.1) is 0 Å². The summed E-state index contributed by atoms with van der Waals surface area (Å²) in [6.45, 7) is 12.4. The molecule has 0 bridgehead atoms. The van der Waals surface area contributed by atoms with Gasteiger partial charge in [0.1, 0.15) is 0 Å². The van der Waals surface area contributed by atoms with Crippen molar-refractivity contribution < 1.29 is 0 Å². The minimum atomic E-state index is 0.681. The van der Waals surface area contributed by atoms with E-state index in [0.29, 0.717) is 6.04 Å². The van der Waals surface area contributed by atoms with Gasteiger partial charge >= 0.3 is 0 Å². The Balaban J connectivity index is 1.95. The van der Waals surface area contributed by atoms with Gasteiger partial charge in [-0.1, -0.05) is 45.9 Å². The average Bonchev–Trinajstić information content (AvgIpc) is 2.40. The molecular weight excluding hydrogens is 244 g/mol. The first kappa shape index (κ1) is 15.4. The molecule has 20 heavy (non-hydrogen) atoms. The number of rotatable bonds is 7. The molecule has 0 radical (unpaired) electrons. The molecule has 1 fully saturated rings. The van der Waals surface area contributed by atoms with Crippen LogP contribution in [0.25, 0.3) is 0 Å². The van der Waals surface area contributed by atoms with Gasteiger partial charge in [-0.2, -0.15) is 0 Å². The van der Waals surface area contributed by atoms with Crippen LogP contribution in [0.2, 0.25) is 0 Å². The summed E-state index contributed by atoms with van der Waals surface area (Å²) in [5.41, 5.74) is 2.77. The third-order valence-corrected chi connectivity index (χ3v) is 4.78. The number of benzene rings is 1. The van der Waals surface area contributed by atoms with E-state index in [1.54, 1.807) is 0 Å². The van der Waals surface area contributed by atoms with Crippen molar-refractivity contribution >= 4 is 5.69 Å². The van der Waals surface area contributed by atoms with Crippen LogP contribution in [0.3, 0.4) is 0 Å². The third-order valence-electron chi connectivity index (χ3n) is 4.78. The molecule has 0 unspecified atom stereocenters. The van der Waals surface area contributed by atoms with Crippen molar-refractivity contribution in [2.75, 3.05) is 18.4 Å². The van der Waals surface area contributed by atoms with Gasteiger partial charge in [0.15, 0.2) is 0 Å². The highest BCUT2D eigenvalue weighted by Gasteiger charge is 2.31. The largest absolute Gasteiger partial charge is 0.382 e. The smallest absolute Gasteiger partial charge is 0.0388 e. The molecule has 1 aromatic carbocycles. The Labute approximate surface area is 124 Å². The second-order valence-electron chi connectivity index (χ2n) is 6.44. The summed E-state index contributed by atoms with van der Waals surface area (Å²) >= 11 is 0. The summed E-state index contributed by atoms with van der Waals surface area (Å²) in [4.78, 5) is 2.47. The summed E-state index contributed by atoms with van der Waals surface area (Å²) in [6.07, 6.45) is 2.66. The molecule has 0 amide bonds. The van der Waals surface area contributed by atoms with E-state index < -0.39 is 0 Å². The summed E-state index contributed by atoms with van der Waals surface area (Å²) in [6, 6.07) is 9.48. The van der Waals surface area contributed by atoms with Crippen LogP contribution in [0.1, 0.15) is 46.1 Å². The van der Waals surface area contributed by atoms with Gasteiger partial charge in [-0.05, 0) is 49.4 Å². The molecule has 2 rings (SSSR count). The molecule has 0 heterocycles. The zero-order chi connectivity index (χ0) is 14.5. The molecule has 2 nitrogen and oxygen atoms in total. The summed E-state index contributed by atoms with van der Waals surface area (Å²) < 4.78 is 0. The Kier molecular flexibility index (Phi) is 5.47. The second-order valence-corrected chi connectivity index (χ2v) is 6.44. The third kappa shape index (κ3) is 3.76. The molecule has 0 atom stereocenters. The van der Waals surface area contributed by atoms with E-state index in [4.69, 9.17) is 0 Å². The maximum absolute atomic E-state index is 3.76. The van der Waals surface area contributed by atoms with Crippen molar-refractivity contribution in [2.45, 2.75) is 53.1 Å². The van der Waals surface area contributed by atoms with Crippen LogP contribution in [0.4, 0.5) is 5.69 Å². The van der Waals surface area contributed by atoms with Crippen molar-refractivity contribution in [1.29, 1.82) is 0 Å². The van der Waals surface area contributed by atoms with E-state index in [9.17, 15) is 0 Å². The average molecular weight is 274 g/mol. The van der Waals surface area contributed by atoms with E-state index in [1.165, 1.54) is 24.1 Å². The minimum absolute atomic E-state index is 0.681. The highest BCUT2D eigenvalue weighted by molar-refractivity contribution is 5.52. The fourth-order valence-electron chi connectivity index (χ4n) is 3.03. The van der Waals surface area contributed by atoms with Crippen LogP contribution in [0.5, 0.6) is 0 Å².